The van der Waals surface area contributed by atoms with Crippen molar-refractivity contribution in [2.75, 3.05) is 0 Å². The fourth-order valence-corrected chi connectivity index (χ4v) is 7.27. The van der Waals surface area contributed by atoms with Crippen LogP contribution in [0.15, 0.2) is 121 Å². The van der Waals surface area contributed by atoms with E-state index in [0.717, 1.165) is 9.52 Å². The zero-order chi connectivity index (χ0) is 30.9. The summed E-state index contributed by atoms with van der Waals surface area (Å²) in [6.45, 7) is 6.87. The van der Waals surface area contributed by atoms with Gasteiger partial charge in [0.25, 0.3) is 0 Å². The van der Waals surface area contributed by atoms with Crippen LogP contribution in [0.5, 0.6) is 0 Å². The van der Waals surface area contributed by atoms with Crippen LogP contribution in [0.4, 0.5) is 0 Å². The van der Waals surface area contributed by atoms with E-state index in [1.54, 1.807) is 0 Å². The normalized spacial score (nSPS) is 11.1. The van der Waals surface area contributed by atoms with Crippen LogP contribution >= 0.6 is 17.0 Å². The minimum absolute atomic E-state index is 0.484. The van der Waals surface area contributed by atoms with Crippen molar-refractivity contribution in [3.63, 3.8) is 0 Å². The van der Waals surface area contributed by atoms with Gasteiger partial charge in [-0.15, -0.1) is 40.1 Å². The predicted molar refractivity (Wildman–Crippen MR) is 191 cm³/mol. The van der Waals surface area contributed by atoms with Crippen molar-refractivity contribution in [1.82, 2.24) is 0 Å². The Morgan fingerprint density at radius 3 is 2.16 bits per heavy atom. The van der Waals surface area contributed by atoms with Crippen molar-refractivity contribution in [3.8, 4) is 33.4 Å². The van der Waals surface area contributed by atoms with Gasteiger partial charge in [0.15, 0.2) is 0 Å². The van der Waals surface area contributed by atoms with Crippen LogP contribution in [0, 0.1) is 6.07 Å². The van der Waals surface area contributed by atoms with Gasteiger partial charge in [-0.3, -0.25) is 0 Å². The van der Waals surface area contributed by atoms with Gasteiger partial charge in [-0.25, -0.2) is 0 Å². The van der Waals surface area contributed by atoms with Crippen LogP contribution in [0.1, 0.15) is 50.7 Å². The van der Waals surface area contributed by atoms with Crippen molar-refractivity contribution in [2.45, 2.75) is 46.0 Å². The number of benzene rings is 5. The second kappa shape index (κ2) is 16.1. The number of rotatable bonds is 6. The molecule has 0 saturated carbocycles. The maximum atomic E-state index is 4.93. The first-order valence-corrected chi connectivity index (χ1v) is 22.6. The van der Waals surface area contributed by atoms with E-state index < -0.39 is 20.8 Å². The SMILES string of the molecule is CCCCc1cc2c(-c3ccccc3-c3ccccc3)c(C(C)C)ccc2[cH-]1.[Cl][Zr+2][Cl].[c-]1cccc2c1[Si]c1ccccc1-2. The first-order chi connectivity index (χ1) is 21.5. The summed E-state index contributed by atoms with van der Waals surface area (Å²) in [6.07, 6.45) is 3.66. The Hall–Kier alpha value is -2.61. The third-order valence-electron chi connectivity index (χ3n) is 8.04. The molecule has 0 aromatic heterocycles. The number of aryl methyl sites for hydroxylation is 1. The fourth-order valence-electron chi connectivity index (χ4n) is 5.96. The average Bonchev–Trinajstić information content (AvgIpc) is 3.65. The van der Waals surface area contributed by atoms with Crippen LogP contribution in [0.2, 0.25) is 0 Å². The van der Waals surface area contributed by atoms with E-state index in [4.69, 9.17) is 17.0 Å². The Kier molecular flexibility index (Phi) is 12.0. The van der Waals surface area contributed by atoms with Gasteiger partial charge in [0.05, 0.1) is 9.52 Å². The quantitative estimate of drug-likeness (QED) is 0.119. The number of unbranched alkanes of at least 4 members (excludes halogenated alkanes) is 1. The van der Waals surface area contributed by atoms with Crippen LogP contribution in [-0.2, 0) is 27.3 Å². The third-order valence-corrected chi connectivity index (χ3v) is 9.41. The van der Waals surface area contributed by atoms with Crippen LogP contribution < -0.4 is 10.4 Å². The molecule has 0 bridgehead atoms. The predicted octanol–water partition coefficient (Wildman–Crippen LogP) is 10.9. The van der Waals surface area contributed by atoms with Gasteiger partial charge in [0, 0.05) is 0 Å². The summed E-state index contributed by atoms with van der Waals surface area (Å²) in [5.41, 5.74) is 11.0. The molecular weight excluding hydrogens is 671 g/mol. The van der Waals surface area contributed by atoms with E-state index in [1.165, 1.54) is 84.9 Å². The standard InChI is InChI=1S/C28H29.C12H7Si.2ClH.Zr/c1-4-5-11-21-18-23-16-17-24(20(2)3)28(27(23)19-21)26-15-10-9-14-25(26)22-12-7-6-8-13-22;1-3-7-11-9(5-1)10-6-2-4-8-12(10)13-11;;;/h6-10,12-20H,4-5,11H2,1-3H3;1-7H;2*1H;/q2*-1;;;+4/p-2. The number of hydrogen-bond donors (Lipinski definition) is 0. The van der Waals surface area contributed by atoms with Crippen LogP contribution in [0.3, 0.4) is 0 Å². The molecule has 0 N–H and O–H groups in total. The molecule has 218 valence electrons. The van der Waals surface area contributed by atoms with Crippen LogP contribution in [0.25, 0.3) is 44.2 Å². The van der Waals surface area contributed by atoms with E-state index in [-0.39, 0.29) is 0 Å². The van der Waals surface area contributed by atoms with Crippen molar-refractivity contribution < 1.29 is 20.8 Å². The van der Waals surface area contributed by atoms with Crippen molar-refractivity contribution >= 4 is 47.7 Å². The van der Waals surface area contributed by atoms with Gasteiger partial charge in [-0.05, 0) is 29.0 Å². The molecule has 0 fully saturated rings. The van der Waals surface area contributed by atoms with Crippen LogP contribution in [-0.4, -0.2) is 9.52 Å². The molecule has 0 saturated heterocycles. The largest absolute Gasteiger partial charge is 0.184 e. The van der Waals surface area contributed by atoms with Gasteiger partial charge in [-0.1, -0.05) is 134 Å². The van der Waals surface area contributed by atoms with E-state index in [2.05, 4.69) is 142 Å². The summed E-state index contributed by atoms with van der Waals surface area (Å²) in [7, 11) is 10.7. The number of hydrogen-bond acceptors (Lipinski definition) is 0. The molecule has 0 unspecified atom stereocenters. The Labute approximate surface area is 284 Å². The molecule has 6 aromatic rings. The third kappa shape index (κ3) is 7.60. The fraction of sp³-hybridized carbons (Fsp3) is 0.175. The molecule has 2 radical (unpaired) electrons. The summed E-state index contributed by atoms with van der Waals surface area (Å²) in [4.78, 5) is 0. The Bertz CT molecular complexity index is 1760. The van der Waals surface area contributed by atoms with Gasteiger partial charge >= 0.3 is 37.9 Å². The van der Waals surface area contributed by atoms with Gasteiger partial charge in [0.2, 0.25) is 0 Å². The molecule has 1 aliphatic heterocycles. The zero-order valence-corrected chi connectivity index (χ0v) is 30.5. The molecule has 0 spiro atoms. The van der Waals surface area contributed by atoms with Crippen molar-refractivity contribution in [1.29, 1.82) is 0 Å². The molecule has 6 aromatic carbocycles. The van der Waals surface area contributed by atoms with Crippen molar-refractivity contribution in [3.05, 3.63) is 139 Å². The molecule has 0 nitrogen and oxygen atoms in total. The number of halogens is 2. The summed E-state index contributed by atoms with van der Waals surface area (Å²) in [6, 6.07) is 47.3. The van der Waals surface area contributed by atoms with Gasteiger partial charge < -0.3 is 0 Å². The monoisotopic (exact) mass is 704 g/mol. The van der Waals surface area contributed by atoms with E-state index >= 15 is 0 Å². The molecule has 0 atom stereocenters. The maximum Gasteiger partial charge on any atom is 0.0920 e. The smallest absolute Gasteiger partial charge is 0.0920 e. The summed E-state index contributed by atoms with van der Waals surface area (Å²) >= 11 is -0.826. The van der Waals surface area contributed by atoms with E-state index in [1.807, 2.05) is 6.07 Å². The Morgan fingerprint density at radius 2 is 1.43 bits per heavy atom. The average molecular weight is 707 g/mol. The molecule has 7 rings (SSSR count). The van der Waals surface area contributed by atoms with E-state index in [0.29, 0.717) is 5.92 Å². The van der Waals surface area contributed by atoms with E-state index in [9.17, 15) is 0 Å². The second-order valence-electron chi connectivity index (χ2n) is 11.3. The molecule has 0 amide bonds. The first kappa shape index (κ1) is 32.8. The Balaban J connectivity index is 0.000000198. The minimum Gasteiger partial charge on any atom is -0.184 e. The molecule has 1 heterocycles. The second-order valence-corrected chi connectivity index (χ2v) is 16.3. The maximum absolute atomic E-state index is 4.93. The summed E-state index contributed by atoms with van der Waals surface area (Å²) in [5, 5.41) is 5.60. The molecular formula is C40H36Cl2SiZr. The van der Waals surface area contributed by atoms with Crippen molar-refractivity contribution in [2.24, 2.45) is 0 Å². The Morgan fingerprint density at radius 1 is 0.773 bits per heavy atom. The van der Waals surface area contributed by atoms with Gasteiger partial charge in [-0.2, -0.15) is 35.5 Å². The molecule has 44 heavy (non-hydrogen) atoms. The molecule has 1 aliphatic rings. The summed E-state index contributed by atoms with van der Waals surface area (Å²) in [5.74, 6) is 0.484. The summed E-state index contributed by atoms with van der Waals surface area (Å²) < 4.78 is 0. The zero-order valence-electron chi connectivity index (χ0n) is 25.5. The molecule has 4 heteroatoms. The number of fused-ring (bicyclic) bond motifs is 4. The first-order valence-electron chi connectivity index (χ1n) is 15.3. The topological polar surface area (TPSA) is 0 Å². The minimum atomic E-state index is -0.826. The molecule has 0 aliphatic carbocycles. The van der Waals surface area contributed by atoms with Gasteiger partial charge in [0.1, 0.15) is 0 Å².